The van der Waals surface area contributed by atoms with Crippen LogP contribution in [0.5, 0.6) is 0 Å². The average Bonchev–Trinajstić information content (AvgIpc) is 3.16. The van der Waals surface area contributed by atoms with E-state index in [0.29, 0.717) is 6.04 Å². The third kappa shape index (κ3) is 5.02. The molecule has 2 heterocycles. The molecule has 3 rings (SSSR count). The molecule has 3 aromatic rings. The molecule has 5 heteroatoms. The van der Waals surface area contributed by atoms with Gasteiger partial charge in [-0.15, -0.1) is 0 Å². The van der Waals surface area contributed by atoms with Crippen LogP contribution in [0, 0.1) is 0 Å². The summed E-state index contributed by atoms with van der Waals surface area (Å²) in [5.41, 5.74) is 4.26. The molecule has 1 aromatic carbocycles. The van der Waals surface area contributed by atoms with Crippen LogP contribution < -0.4 is 5.32 Å². The second-order valence-electron chi connectivity index (χ2n) is 6.94. The summed E-state index contributed by atoms with van der Waals surface area (Å²) in [6.07, 6.45) is 6.95. The van der Waals surface area contributed by atoms with Crippen LogP contribution in [0.3, 0.4) is 0 Å². The number of hydrogen-bond donors (Lipinski definition) is 1. The molecule has 0 saturated heterocycles. The Hall–Kier alpha value is -2.50. The second-order valence-corrected chi connectivity index (χ2v) is 6.94. The quantitative estimate of drug-likeness (QED) is 0.588. The van der Waals surface area contributed by atoms with Crippen molar-refractivity contribution in [1.29, 1.82) is 0 Å². The lowest BCUT2D eigenvalue weighted by Gasteiger charge is -2.23. The summed E-state index contributed by atoms with van der Waals surface area (Å²) in [6, 6.07) is 14.8. The van der Waals surface area contributed by atoms with Crippen molar-refractivity contribution in [2.24, 2.45) is 0 Å². The summed E-state index contributed by atoms with van der Waals surface area (Å²) in [7, 11) is 2.18. The normalized spacial score (nSPS) is 12.4. The lowest BCUT2D eigenvalue weighted by Crippen LogP contribution is -2.34. The lowest BCUT2D eigenvalue weighted by molar-refractivity contribution is 0.252. The van der Waals surface area contributed by atoms with Crippen LogP contribution in [-0.4, -0.2) is 45.8 Å². The molecule has 0 saturated carbocycles. The van der Waals surface area contributed by atoms with Gasteiger partial charge in [0.05, 0.1) is 11.4 Å². The number of aromatic nitrogens is 3. The van der Waals surface area contributed by atoms with Gasteiger partial charge in [0, 0.05) is 55.4 Å². The number of pyridine rings is 1. The van der Waals surface area contributed by atoms with Gasteiger partial charge >= 0.3 is 0 Å². The Bertz CT molecular complexity index is 813. The standard InChI is InChI=1S/C22H29N5/c1-4-18(2)26(3)14-13-24-16-20-17-27(21-10-6-5-7-11-21)25-22(20)19-9-8-12-23-15-19/h5-12,15,17-18,24H,4,13-14,16H2,1-3H3. The number of hydrogen-bond acceptors (Lipinski definition) is 4. The van der Waals surface area contributed by atoms with Crippen LogP contribution in [0.25, 0.3) is 16.9 Å². The average molecular weight is 364 g/mol. The van der Waals surface area contributed by atoms with Crippen molar-refractivity contribution in [2.45, 2.75) is 32.9 Å². The summed E-state index contributed by atoms with van der Waals surface area (Å²) in [4.78, 5) is 6.65. The van der Waals surface area contributed by atoms with E-state index in [1.165, 1.54) is 12.0 Å². The van der Waals surface area contributed by atoms with Crippen molar-refractivity contribution in [3.63, 3.8) is 0 Å². The SMILES string of the molecule is CCC(C)N(C)CCNCc1cn(-c2ccccc2)nc1-c1cccnc1. The number of para-hydroxylation sites is 1. The summed E-state index contributed by atoms with van der Waals surface area (Å²) in [6.45, 7) is 7.26. The smallest absolute Gasteiger partial charge is 0.0988 e. The first kappa shape index (κ1) is 19.3. The topological polar surface area (TPSA) is 46.0 Å². The predicted octanol–water partition coefficient (Wildman–Crippen LogP) is 3.75. The van der Waals surface area contributed by atoms with E-state index in [2.05, 4.69) is 60.5 Å². The Kier molecular flexibility index (Phi) is 6.74. The van der Waals surface area contributed by atoms with Gasteiger partial charge in [-0.25, -0.2) is 4.68 Å². The summed E-state index contributed by atoms with van der Waals surface area (Å²) < 4.78 is 1.95. The van der Waals surface area contributed by atoms with Crippen LogP contribution in [0.15, 0.2) is 61.1 Å². The zero-order valence-electron chi connectivity index (χ0n) is 16.5. The molecule has 0 aliphatic rings. The Morgan fingerprint density at radius 2 is 1.96 bits per heavy atom. The Morgan fingerprint density at radius 3 is 2.67 bits per heavy atom. The summed E-state index contributed by atoms with van der Waals surface area (Å²) in [5, 5.41) is 8.40. The van der Waals surface area contributed by atoms with E-state index in [1.807, 2.05) is 35.1 Å². The molecular formula is C22H29N5. The molecule has 0 aliphatic carbocycles. The van der Waals surface area contributed by atoms with Crippen LogP contribution >= 0.6 is 0 Å². The van der Waals surface area contributed by atoms with E-state index in [9.17, 15) is 0 Å². The molecule has 27 heavy (non-hydrogen) atoms. The zero-order valence-corrected chi connectivity index (χ0v) is 16.5. The molecule has 0 aliphatic heterocycles. The maximum absolute atomic E-state index is 4.83. The molecule has 0 bridgehead atoms. The number of nitrogens with one attached hydrogen (secondary N) is 1. The van der Waals surface area contributed by atoms with E-state index in [1.54, 1.807) is 6.20 Å². The van der Waals surface area contributed by atoms with E-state index in [4.69, 9.17) is 5.10 Å². The van der Waals surface area contributed by atoms with E-state index in [-0.39, 0.29) is 0 Å². The monoisotopic (exact) mass is 363 g/mol. The number of likely N-dealkylation sites (N-methyl/N-ethyl adjacent to an activating group) is 1. The number of rotatable bonds is 9. The minimum absolute atomic E-state index is 0.610. The fourth-order valence-corrected chi connectivity index (χ4v) is 3.01. The highest BCUT2D eigenvalue weighted by molar-refractivity contribution is 5.62. The third-order valence-electron chi connectivity index (χ3n) is 5.05. The van der Waals surface area contributed by atoms with Gasteiger partial charge in [-0.3, -0.25) is 4.98 Å². The van der Waals surface area contributed by atoms with Crippen molar-refractivity contribution < 1.29 is 0 Å². The fourth-order valence-electron chi connectivity index (χ4n) is 3.01. The van der Waals surface area contributed by atoms with Crippen molar-refractivity contribution in [1.82, 2.24) is 25.0 Å². The van der Waals surface area contributed by atoms with Crippen molar-refractivity contribution in [2.75, 3.05) is 20.1 Å². The Balaban J connectivity index is 1.74. The molecule has 0 spiro atoms. The fraction of sp³-hybridized carbons (Fsp3) is 0.364. The minimum atomic E-state index is 0.610. The van der Waals surface area contributed by atoms with E-state index < -0.39 is 0 Å². The number of nitrogens with zero attached hydrogens (tertiary/aromatic N) is 4. The van der Waals surface area contributed by atoms with Crippen LogP contribution in [0.2, 0.25) is 0 Å². The van der Waals surface area contributed by atoms with Gasteiger partial charge in [0.2, 0.25) is 0 Å². The Morgan fingerprint density at radius 1 is 1.15 bits per heavy atom. The highest BCUT2D eigenvalue weighted by atomic mass is 15.3. The maximum atomic E-state index is 4.83. The van der Waals surface area contributed by atoms with Gasteiger partial charge in [0.1, 0.15) is 0 Å². The molecular weight excluding hydrogens is 334 g/mol. The van der Waals surface area contributed by atoms with Gasteiger partial charge in [0.15, 0.2) is 0 Å². The molecule has 0 fully saturated rings. The Labute approximate surface area is 162 Å². The van der Waals surface area contributed by atoms with Crippen LogP contribution in [-0.2, 0) is 6.54 Å². The third-order valence-corrected chi connectivity index (χ3v) is 5.05. The molecule has 1 atom stereocenters. The first-order valence-electron chi connectivity index (χ1n) is 9.64. The van der Waals surface area contributed by atoms with Crippen LogP contribution in [0.4, 0.5) is 0 Å². The molecule has 5 nitrogen and oxygen atoms in total. The van der Waals surface area contributed by atoms with Crippen molar-refractivity contribution in [3.8, 4) is 16.9 Å². The molecule has 0 amide bonds. The van der Waals surface area contributed by atoms with Gasteiger partial charge in [0.25, 0.3) is 0 Å². The summed E-state index contributed by atoms with van der Waals surface area (Å²) in [5.74, 6) is 0. The van der Waals surface area contributed by atoms with Crippen molar-refractivity contribution in [3.05, 3.63) is 66.6 Å². The maximum Gasteiger partial charge on any atom is 0.0988 e. The molecule has 2 aromatic heterocycles. The predicted molar refractivity (Wildman–Crippen MR) is 111 cm³/mol. The van der Waals surface area contributed by atoms with Gasteiger partial charge in [-0.2, -0.15) is 5.10 Å². The van der Waals surface area contributed by atoms with Gasteiger partial charge in [-0.05, 0) is 44.7 Å². The molecule has 142 valence electrons. The highest BCUT2D eigenvalue weighted by Crippen LogP contribution is 2.22. The number of benzene rings is 1. The van der Waals surface area contributed by atoms with E-state index in [0.717, 1.165) is 36.6 Å². The first-order valence-corrected chi connectivity index (χ1v) is 9.64. The largest absolute Gasteiger partial charge is 0.311 e. The second kappa shape index (κ2) is 9.44. The zero-order chi connectivity index (χ0) is 19.1. The lowest BCUT2D eigenvalue weighted by atomic mass is 10.1. The minimum Gasteiger partial charge on any atom is -0.311 e. The van der Waals surface area contributed by atoms with Gasteiger partial charge in [-0.1, -0.05) is 25.1 Å². The first-order chi connectivity index (χ1) is 13.2. The summed E-state index contributed by atoms with van der Waals surface area (Å²) >= 11 is 0. The van der Waals surface area contributed by atoms with E-state index >= 15 is 0 Å². The van der Waals surface area contributed by atoms with Crippen LogP contribution in [0.1, 0.15) is 25.8 Å². The van der Waals surface area contributed by atoms with Crippen molar-refractivity contribution >= 4 is 0 Å². The highest BCUT2D eigenvalue weighted by Gasteiger charge is 2.12. The molecule has 1 unspecified atom stereocenters. The molecule has 0 radical (unpaired) electrons. The van der Waals surface area contributed by atoms with Gasteiger partial charge < -0.3 is 10.2 Å². The molecule has 1 N–H and O–H groups in total.